The molecular weight excluding hydrogens is 500 g/mol. The highest BCUT2D eigenvalue weighted by molar-refractivity contribution is 6.51. The molecule has 0 radical (unpaired) electrons. The van der Waals surface area contributed by atoms with E-state index < -0.39 is 17.7 Å². The zero-order valence-corrected chi connectivity index (χ0v) is 24.6. The van der Waals surface area contributed by atoms with Crippen LogP contribution >= 0.6 is 0 Å². The number of ether oxygens (including phenoxy) is 1. The van der Waals surface area contributed by atoms with Crippen LogP contribution in [0, 0.1) is 13.8 Å². The largest absolute Gasteiger partial charge is 0.507 e. The summed E-state index contributed by atoms with van der Waals surface area (Å²) in [6, 6.07) is 18.3. The van der Waals surface area contributed by atoms with Crippen molar-refractivity contribution in [3.05, 3.63) is 94.1 Å². The van der Waals surface area contributed by atoms with E-state index in [4.69, 9.17) is 4.74 Å². The normalized spacial score (nSPS) is 16.6. The van der Waals surface area contributed by atoms with E-state index in [0.29, 0.717) is 17.9 Å². The van der Waals surface area contributed by atoms with Crippen molar-refractivity contribution in [1.82, 2.24) is 0 Å². The van der Waals surface area contributed by atoms with Crippen LogP contribution in [0.2, 0.25) is 0 Å². The van der Waals surface area contributed by atoms with E-state index in [2.05, 4.69) is 32.6 Å². The van der Waals surface area contributed by atoms with Gasteiger partial charge in [0.15, 0.2) is 0 Å². The Hall–Kier alpha value is -4.06. The summed E-state index contributed by atoms with van der Waals surface area (Å²) < 4.78 is 5.80. The van der Waals surface area contributed by atoms with Gasteiger partial charge in [-0.1, -0.05) is 38.1 Å². The predicted octanol–water partition coefficient (Wildman–Crippen LogP) is 7.30. The number of benzene rings is 3. The number of carbonyl (C=O) groups excluding carboxylic acids is 2. The predicted molar refractivity (Wildman–Crippen MR) is 162 cm³/mol. The zero-order chi connectivity index (χ0) is 29.1. The van der Waals surface area contributed by atoms with Gasteiger partial charge in [-0.2, -0.15) is 0 Å². The number of ketones is 1. The number of nitrogens with zero attached hydrogens (tertiary/aromatic N) is 2. The standard InChI is InChI=1S/C34H40N2O4/c1-8-35(9-2)26-17-14-24(15-18-26)31-30(32(37)25-16-19-29(40-10-3)27(20-25)21(4)5)33(38)34(39)36(31)28-13-11-12-22(6)23(28)7/h11-21,31,37H,8-10H2,1-7H3/b32-30+. The van der Waals surface area contributed by atoms with Crippen LogP contribution in [0.15, 0.2) is 66.2 Å². The Balaban J connectivity index is 1.94. The molecule has 0 spiro atoms. The van der Waals surface area contributed by atoms with Gasteiger partial charge < -0.3 is 14.7 Å². The fourth-order valence-corrected chi connectivity index (χ4v) is 5.44. The molecule has 40 heavy (non-hydrogen) atoms. The summed E-state index contributed by atoms with van der Waals surface area (Å²) in [6.45, 7) is 16.4. The topological polar surface area (TPSA) is 70.1 Å². The van der Waals surface area contributed by atoms with E-state index in [1.807, 2.05) is 75.4 Å². The molecule has 0 aliphatic carbocycles. The average Bonchev–Trinajstić information content (AvgIpc) is 3.21. The van der Waals surface area contributed by atoms with Crippen molar-refractivity contribution in [1.29, 1.82) is 0 Å². The molecule has 1 saturated heterocycles. The van der Waals surface area contributed by atoms with E-state index in [0.717, 1.165) is 46.8 Å². The summed E-state index contributed by atoms with van der Waals surface area (Å²) in [7, 11) is 0. The van der Waals surface area contributed by atoms with Crippen LogP contribution in [0.3, 0.4) is 0 Å². The van der Waals surface area contributed by atoms with Gasteiger partial charge in [-0.25, -0.2) is 0 Å². The number of hydrogen-bond acceptors (Lipinski definition) is 5. The first kappa shape index (κ1) is 28.9. The number of carbonyl (C=O) groups is 2. The maximum absolute atomic E-state index is 13.7. The van der Waals surface area contributed by atoms with Crippen LogP contribution in [0.1, 0.15) is 74.4 Å². The third kappa shape index (κ3) is 5.23. The summed E-state index contributed by atoms with van der Waals surface area (Å²) in [5.41, 5.74) is 5.90. The summed E-state index contributed by atoms with van der Waals surface area (Å²) in [5, 5.41) is 11.7. The lowest BCUT2D eigenvalue weighted by molar-refractivity contribution is -0.132. The second-order valence-corrected chi connectivity index (χ2v) is 10.5. The number of aryl methyl sites for hydroxylation is 1. The fourth-order valence-electron chi connectivity index (χ4n) is 5.44. The Morgan fingerprint density at radius 1 is 0.975 bits per heavy atom. The molecule has 0 aromatic heterocycles. The lowest BCUT2D eigenvalue weighted by atomic mass is 9.92. The van der Waals surface area contributed by atoms with E-state index in [1.54, 1.807) is 11.0 Å². The molecule has 3 aromatic rings. The number of amides is 1. The van der Waals surface area contributed by atoms with Crippen molar-refractivity contribution in [2.75, 3.05) is 29.5 Å². The third-order valence-corrected chi connectivity index (χ3v) is 7.82. The smallest absolute Gasteiger partial charge is 0.300 e. The first-order valence-electron chi connectivity index (χ1n) is 14.1. The highest BCUT2D eigenvalue weighted by Gasteiger charge is 2.47. The van der Waals surface area contributed by atoms with Crippen LogP contribution < -0.4 is 14.5 Å². The second kappa shape index (κ2) is 12.0. The molecule has 1 amide bonds. The van der Waals surface area contributed by atoms with E-state index in [1.165, 1.54) is 0 Å². The molecule has 6 heteroatoms. The Morgan fingerprint density at radius 2 is 1.65 bits per heavy atom. The number of aliphatic hydroxyl groups is 1. The van der Waals surface area contributed by atoms with Crippen molar-refractivity contribution in [2.45, 2.75) is 60.4 Å². The van der Waals surface area contributed by atoms with Crippen LogP contribution in [0.4, 0.5) is 11.4 Å². The van der Waals surface area contributed by atoms with E-state index in [-0.39, 0.29) is 17.3 Å². The number of rotatable bonds is 9. The van der Waals surface area contributed by atoms with Gasteiger partial charge in [-0.05, 0) is 99.2 Å². The van der Waals surface area contributed by atoms with E-state index in [9.17, 15) is 14.7 Å². The Kier molecular flexibility index (Phi) is 8.67. The summed E-state index contributed by atoms with van der Waals surface area (Å²) in [5.74, 6) is -0.656. The molecule has 0 saturated carbocycles. The number of aliphatic hydroxyl groups excluding tert-OH is 1. The molecule has 210 valence electrons. The second-order valence-electron chi connectivity index (χ2n) is 10.5. The molecule has 6 nitrogen and oxygen atoms in total. The first-order valence-corrected chi connectivity index (χ1v) is 14.1. The molecule has 1 aliphatic rings. The monoisotopic (exact) mass is 540 g/mol. The minimum absolute atomic E-state index is 0.0837. The van der Waals surface area contributed by atoms with Gasteiger partial charge >= 0.3 is 0 Å². The SMILES string of the molecule is CCOc1ccc(/C(O)=C2\C(=O)C(=O)N(c3cccc(C)c3C)C2c2ccc(N(CC)CC)cc2)cc1C(C)C. The van der Waals surface area contributed by atoms with Crippen LogP contribution in [0.25, 0.3) is 5.76 Å². The van der Waals surface area contributed by atoms with Gasteiger partial charge in [0, 0.05) is 30.0 Å². The molecule has 1 atom stereocenters. The van der Waals surface area contributed by atoms with Gasteiger partial charge in [0.1, 0.15) is 11.5 Å². The highest BCUT2D eigenvalue weighted by atomic mass is 16.5. The molecule has 3 aromatic carbocycles. The quantitative estimate of drug-likeness (QED) is 0.175. The minimum atomic E-state index is -0.777. The zero-order valence-electron chi connectivity index (χ0n) is 24.6. The number of Topliss-reactive ketones (excluding diaryl/α,β-unsaturated/α-hetero) is 1. The van der Waals surface area contributed by atoms with Gasteiger partial charge in [0.2, 0.25) is 0 Å². The molecule has 1 heterocycles. The molecule has 1 aliphatic heterocycles. The van der Waals surface area contributed by atoms with Crippen LogP contribution in [0.5, 0.6) is 5.75 Å². The number of hydrogen-bond donors (Lipinski definition) is 1. The molecule has 0 bridgehead atoms. The highest BCUT2D eigenvalue weighted by Crippen LogP contribution is 2.44. The molecule has 1 fully saturated rings. The molecular formula is C34H40N2O4. The van der Waals surface area contributed by atoms with Crippen molar-refractivity contribution in [2.24, 2.45) is 0 Å². The van der Waals surface area contributed by atoms with Crippen molar-refractivity contribution in [3.63, 3.8) is 0 Å². The van der Waals surface area contributed by atoms with Gasteiger partial charge in [-0.15, -0.1) is 0 Å². The molecule has 1 unspecified atom stereocenters. The lowest BCUT2D eigenvalue weighted by Crippen LogP contribution is -2.30. The maximum Gasteiger partial charge on any atom is 0.300 e. The van der Waals surface area contributed by atoms with Crippen LogP contribution in [-0.4, -0.2) is 36.5 Å². The van der Waals surface area contributed by atoms with Gasteiger partial charge in [0.05, 0.1) is 18.2 Å². The fraction of sp³-hybridized carbons (Fsp3) is 0.353. The summed E-state index contributed by atoms with van der Waals surface area (Å²) in [4.78, 5) is 31.2. The minimum Gasteiger partial charge on any atom is -0.507 e. The maximum atomic E-state index is 13.7. The third-order valence-electron chi connectivity index (χ3n) is 7.82. The first-order chi connectivity index (χ1) is 19.1. The summed E-state index contributed by atoms with van der Waals surface area (Å²) >= 11 is 0. The lowest BCUT2D eigenvalue weighted by Gasteiger charge is -2.28. The van der Waals surface area contributed by atoms with Crippen molar-refractivity contribution < 1.29 is 19.4 Å². The Morgan fingerprint density at radius 3 is 2.25 bits per heavy atom. The Bertz CT molecular complexity index is 1430. The number of anilines is 2. The Labute approximate surface area is 237 Å². The molecule has 1 N–H and O–H groups in total. The average molecular weight is 541 g/mol. The van der Waals surface area contributed by atoms with Crippen molar-refractivity contribution in [3.8, 4) is 5.75 Å². The molecule has 4 rings (SSSR count). The van der Waals surface area contributed by atoms with Crippen LogP contribution in [-0.2, 0) is 9.59 Å². The van der Waals surface area contributed by atoms with E-state index >= 15 is 0 Å². The van der Waals surface area contributed by atoms with Crippen molar-refractivity contribution >= 4 is 28.8 Å². The van der Waals surface area contributed by atoms with Gasteiger partial charge in [-0.3, -0.25) is 14.5 Å². The van der Waals surface area contributed by atoms with Gasteiger partial charge in [0.25, 0.3) is 11.7 Å². The summed E-state index contributed by atoms with van der Waals surface area (Å²) in [6.07, 6.45) is 0.